The first-order chi connectivity index (χ1) is 10.1. The van der Waals surface area contributed by atoms with Crippen molar-refractivity contribution < 1.29 is 19.4 Å². The Balaban J connectivity index is 1.82. The van der Waals surface area contributed by atoms with Crippen LogP contribution in [0, 0.1) is 0 Å². The standard InChI is InChI=1S/C13H19N3O4S/c1-2-16(7-9-4-3-5-20-9)13(19)14-6-11-15-10(8-21-11)12(17)18/h8-9H,2-7H2,1H3,(H,14,19)(H,17,18). The molecule has 1 aromatic heterocycles. The molecule has 2 heterocycles. The van der Waals surface area contributed by atoms with Gasteiger partial charge in [-0.1, -0.05) is 0 Å². The normalized spacial score (nSPS) is 17.7. The number of nitrogens with one attached hydrogen (secondary N) is 1. The number of rotatable bonds is 6. The van der Waals surface area contributed by atoms with Crippen molar-refractivity contribution in [3.05, 3.63) is 16.1 Å². The van der Waals surface area contributed by atoms with Gasteiger partial charge in [-0.3, -0.25) is 0 Å². The number of thiazole rings is 1. The number of hydrogen-bond acceptors (Lipinski definition) is 5. The van der Waals surface area contributed by atoms with E-state index in [1.165, 1.54) is 16.7 Å². The van der Waals surface area contributed by atoms with Crippen molar-refractivity contribution in [3.8, 4) is 0 Å². The molecule has 2 amide bonds. The predicted octanol–water partition coefficient (Wildman–Crippen LogP) is 1.55. The average Bonchev–Trinajstić information content (AvgIpc) is 3.13. The van der Waals surface area contributed by atoms with E-state index in [9.17, 15) is 9.59 Å². The van der Waals surface area contributed by atoms with Crippen molar-refractivity contribution >= 4 is 23.3 Å². The average molecular weight is 313 g/mol. The van der Waals surface area contributed by atoms with Gasteiger partial charge < -0.3 is 20.1 Å². The van der Waals surface area contributed by atoms with Gasteiger partial charge in [-0.25, -0.2) is 14.6 Å². The molecule has 1 saturated heterocycles. The topological polar surface area (TPSA) is 91.8 Å². The molecule has 0 aromatic carbocycles. The monoisotopic (exact) mass is 313 g/mol. The van der Waals surface area contributed by atoms with Crippen LogP contribution >= 0.6 is 11.3 Å². The van der Waals surface area contributed by atoms with E-state index in [1.807, 2.05) is 6.92 Å². The molecule has 0 aliphatic carbocycles. The van der Waals surface area contributed by atoms with E-state index >= 15 is 0 Å². The van der Waals surface area contributed by atoms with Gasteiger partial charge in [0.2, 0.25) is 0 Å². The minimum absolute atomic E-state index is 0.0101. The second-order valence-corrected chi connectivity index (χ2v) is 5.71. The van der Waals surface area contributed by atoms with Crippen LogP contribution in [0.15, 0.2) is 5.38 Å². The third kappa shape index (κ3) is 4.40. The molecule has 0 bridgehead atoms. The molecule has 1 aliphatic heterocycles. The minimum atomic E-state index is -1.06. The predicted molar refractivity (Wildman–Crippen MR) is 77.5 cm³/mol. The Labute approximate surface area is 126 Å². The highest BCUT2D eigenvalue weighted by atomic mass is 32.1. The fraction of sp³-hybridized carbons (Fsp3) is 0.615. The largest absolute Gasteiger partial charge is 0.476 e. The van der Waals surface area contributed by atoms with Gasteiger partial charge in [-0.05, 0) is 19.8 Å². The van der Waals surface area contributed by atoms with Crippen LogP contribution in [0.5, 0.6) is 0 Å². The van der Waals surface area contributed by atoms with Crippen LogP contribution < -0.4 is 5.32 Å². The molecule has 2 N–H and O–H groups in total. The van der Waals surface area contributed by atoms with Gasteiger partial charge in [0.1, 0.15) is 5.01 Å². The van der Waals surface area contributed by atoms with E-state index in [4.69, 9.17) is 9.84 Å². The van der Waals surface area contributed by atoms with E-state index in [2.05, 4.69) is 10.3 Å². The SMILES string of the molecule is CCN(CC1CCCO1)C(=O)NCc1nc(C(=O)O)cs1. The Bertz CT molecular complexity index is 499. The van der Waals surface area contributed by atoms with Gasteiger partial charge in [0.05, 0.1) is 12.6 Å². The molecule has 21 heavy (non-hydrogen) atoms. The Morgan fingerprint density at radius 3 is 3.00 bits per heavy atom. The number of carbonyl (C=O) groups excluding carboxylic acids is 1. The second kappa shape index (κ2) is 7.37. The van der Waals surface area contributed by atoms with E-state index in [-0.39, 0.29) is 24.4 Å². The van der Waals surface area contributed by atoms with Crippen LogP contribution in [-0.2, 0) is 11.3 Å². The van der Waals surface area contributed by atoms with Crippen LogP contribution in [0.4, 0.5) is 4.79 Å². The Hall–Kier alpha value is -1.67. The number of nitrogens with zero attached hydrogens (tertiary/aromatic N) is 2. The molecule has 8 heteroatoms. The number of urea groups is 1. The maximum absolute atomic E-state index is 12.1. The molecule has 0 spiro atoms. The molecule has 2 rings (SSSR count). The van der Waals surface area contributed by atoms with Gasteiger partial charge in [0.25, 0.3) is 0 Å². The van der Waals surface area contributed by atoms with Gasteiger partial charge in [-0.2, -0.15) is 0 Å². The summed E-state index contributed by atoms with van der Waals surface area (Å²) in [6, 6.07) is -0.180. The quantitative estimate of drug-likeness (QED) is 0.831. The zero-order valence-electron chi connectivity index (χ0n) is 11.9. The molecule has 1 unspecified atom stereocenters. The van der Waals surface area contributed by atoms with Crippen LogP contribution in [0.1, 0.15) is 35.3 Å². The molecule has 0 radical (unpaired) electrons. The summed E-state index contributed by atoms with van der Waals surface area (Å²) in [7, 11) is 0. The summed E-state index contributed by atoms with van der Waals surface area (Å²) in [5, 5.41) is 13.6. The van der Waals surface area contributed by atoms with Crippen LogP contribution in [0.25, 0.3) is 0 Å². The fourth-order valence-electron chi connectivity index (χ4n) is 2.14. The lowest BCUT2D eigenvalue weighted by Gasteiger charge is -2.24. The number of ether oxygens (including phenoxy) is 1. The number of aromatic carboxylic acids is 1. The van der Waals surface area contributed by atoms with Crippen molar-refractivity contribution in [1.29, 1.82) is 0 Å². The van der Waals surface area contributed by atoms with E-state index in [0.717, 1.165) is 19.4 Å². The zero-order valence-corrected chi connectivity index (χ0v) is 12.7. The van der Waals surface area contributed by atoms with E-state index in [0.29, 0.717) is 18.1 Å². The summed E-state index contributed by atoms with van der Waals surface area (Å²) in [5.41, 5.74) is 0.0101. The fourth-order valence-corrected chi connectivity index (χ4v) is 2.85. The number of hydrogen-bond donors (Lipinski definition) is 2. The van der Waals surface area contributed by atoms with Crippen molar-refractivity contribution in [3.63, 3.8) is 0 Å². The molecule has 7 nitrogen and oxygen atoms in total. The summed E-state index contributed by atoms with van der Waals surface area (Å²) in [4.78, 5) is 28.5. The molecule has 1 aliphatic rings. The second-order valence-electron chi connectivity index (χ2n) is 4.76. The summed E-state index contributed by atoms with van der Waals surface area (Å²) < 4.78 is 5.53. The molecule has 1 fully saturated rings. The van der Waals surface area contributed by atoms with Crippen LogP contribution in [0.3, 0.4) is 0 Å². The Morgan fingerprint density at radius 2 is 2.43 bits per heavy atom. The molecule has 0 saturated carbocycles. The zero-order chi connectivity index (χ0) is 15.2. The first-order valence-corrected chi connectivity index (χ1v) is 7.80. The van der Waals surface area contributed by atoms with Crippen molar-refractivity contribution in [2.75, 3.05) is 19.7 Å². The Kier molecular flexibility index (Phi) is 5.51. The summed E-state index contributed by atoms with van der Waals surface area (Å²) in [6.07, 6.45) is 2.15. The maximum atomic E-state index is 12.1. The van der Waals surface area contributed by atoms with Crippen molar-refractivity contribution in [2.24, 2.45) is 0 Å². The van der Waals surface area contributed by atoms with Gasteiger partial charge in [0, 0.05) is 25.1 Å². The van der Waals surface area contributed by atoms with E-state index < -0.39 is 5.97 Å². The maximum Gasteiger partial charge on any atom is 0.355 e. The van der Waals surface area contributed by atoms with Gasteiger partial charge in [0.15, 0.2) is 5.69 Å². The molecular formula is C13H19N3O4S. The number of carbonyl (C=O) groups is 2. The lowest BCUT2D eigenvalue weighted by Crippen LogP contribution is -2.43. The highest BCUT2D eigenvalue weighted by Crippen LogP contribution is 2.14. The minimum Gasteiger partial charge on any atom is -0.476 e. The number of amides is 2. The summed E-state index contributed by atoms with van der Waals surface area (Å²) in [5.74, 6) is -1.06. The lowest BCUT2D eigenvalue weighted by molar-refractivity contribution is 0.0691. The molecular weight excluding hydrogens is 294 g/mol. The van der Waals surface area contributed by atoms with Crippen LogP contribution in [-0.4, -0.2) is 52.8 Å². The summed E-state index contributed by atoms with van der Waals surface area (Å²) in [6.45, 7) is 4.10. The third-order valence-corrected chi connectivity index (χ3v) is 4.13. The van der Waals surface area contributed by atoms with Crippen molar-refractivity contribution in [2.45, 2.75) is 32.4 Å². The van der Waals surface area contributed by atoms with Gasteiger partial charge in [-0.15, -0.1) is 11.3 Å². The first-order valence-electron chi connectivity index (χ1n) is 6.92. The summed E-state index contributed by atoms with van der Waals surface area (Å²) >= 11 is 1.22. The molecule has 1 atom stereocenters. The number of carboxylic acids is 1. The smallest absolute Gasteiger partial charge is 0.355 e. The van der Waals surface area contributed by atoms with E-state index in [1.54, 1.807) is 4.90 Å². The number of aromatic nitrogens is 1. The third-order valence-electron chi connectivity index (χ3n) is 3.28. The highest BCUT2D eigenvalue weighted by Gasteiger charge is 2.21. The van der Waals surface area contributed by atoms with Crippen LogP contribution in [0.2, 0.25) is 0 Å². The molecule has 116 valence electrons. The number of likely N-dealkylation sites (N-methyl/N-ethyl adjacent to an activating group) is 1. The highest BCUT2D eigenvalue weighted by molar-refractivity contribution is 7.09. The molecule has 1 aromatic rings. The Morgan fingerprint density at radius 1 is 1.62 bits per heavy atom. The first kappa shape index (κ1) is 15.7. The lowest BCUT2D eigenvalue weighted by atomic mass is 10.2. The number of carboxylic acid groups (broad SMARTS) is 1. The van der Waals surface area contributed by atoms with Crippen molar-refractivity contribution in [1.82, 2.24) is 15.2 Å². The van der Waals surface area contributed by atoms with Gasteiger partial charge >= 0.3 is 12.0 Å².